The number of ketones is 1. The fourth-order valence-electron chi connectivity index (χ4n) is 3.98. The zero-order valence-corrected chi connectivity index (χ0v) is 13.9. The smallest absolute Gasteiger partial charge is 0.149 e. The zero-order chi connectivity index (χ0) is 13.0. The molecule has 0 aromatic rings. The Kier molecular flexibility index (Phi) is 3.42. The Morgan fingerprint density at radius 1 is 1.41 bits per heavy atom. The maximum absolute atomic E-state index is 12.7. The molecule has 4 atom stereocenters. The van der Waals surface area contributed by atoms with Crippen LogP contribution in [0.2, 0.25) is 0 Å². The van der Waals surface area contributed by atoms with Crippen molar-refractivity contribution in [2.24, 2.45) is 29.1 Å². The molecule has 0 N–H and O–H groups in total. The average molecular weight is 348 g/mol. The van der Waals surface area contributed by atoms with E-state index in [1.165, 1.54) is 12.8 Å². The van der Waals surface area contributed by atoms with Gasteiger partial charge in [0, 0.05) is 6.42 Å². The number of carbonyl (C=O) groups is 1. The van der Waals surface area contributed by atoms with Crippen molar-refractivity contribution in [3.05, 3.63) is 0 Å². The highest BCUT2D eigenvalue weighted by atomic mass is 127. The van der Waals surface area contributed by atoms with E-state index in [1.807, 2.05) is 0 Å². The predicted octanol–water partition coefficient (Wildman–Crippen LogP) is 4.48. The molecule has 2 aliphatic rings. The first-order valence-electron chi connectivity index (χ1n) is 6.92. The van der Waals surface area contributed by atoms with Gasteiger partial charge in [0.1, 0.15) is 5.78 Å². The van der Waals surface area contributed by atoms with Crippen LogP contribution < -0.4 is 0 Å². The second-order valence-corrected chi connectivity index (χ2v) is 8.97. The summed E-state index contributed by atoms with van der Waals surface area (Å²) >= 11 is 2.51. The minimum Gasteiger partial charge on any atom is -0.298 e. The van der Waals surface area contributed by atoms with Gasteiger partial charge in [-0.3, -0.25) is 4.79 Å². The molecule has 0 aromatic carbocycles. The van der Waals surface area contributed by atoms with Crippen LogP contribution >= 0.6 is 22.6 Å². The summed E-state index contributed by atoms with van der Waals surface area (Å²) in [5.41, 5.74) is 0.163. The van der Waals surface area contributed by atoms with Gasteiger partial charge in [-0.15, -0.1) is 0 Å². The highest BCUT2D eigenvalue weighted by Gasteiger charge is 2.63. The Hall–Kier alpha value is 0.400. The molecule has 0 saturated heterocycles. The van der Waals surface area contributed by atoms with E-state index in [4.69, 9.17) is 0 Å². The Labute approximate surface area is 119 Å². The molecule has 0 amide bonds. The number of fused-ring (bicyclic) bond motifs is 1. The first-order valence-corrected chi connectivity index (χ1v) is 8.00. The Bertz CT molecular complexity index is 334. The molecule has 0 radical (unpaired) electrons. The molecule has 2 heteroatoms. The number of hydrogen-bond donors (Lipinski definition) is 0. The van der Waals surface area contributed by atoms with Gasteiger partial charge in [0.25, 0.3) is 0 Å². The number of hydrogen-bond acceptors (Lipinski definition) is 1. The SMILES string of the molecule is CC(C)CC(=O)[C@@]1(I)C(C)C2C[C@@H]2CC1(C)C. The summed E-state index contributed by atoms with van der Waals surface area (Å²) in [6, 6.07) is 0. The van der Waals surface area contributed by atoms with Crippen LogP contribution in [0, 0.1) is 29.1 Å². The molecule has 17 heavy (non-hydrogen) atoms. The van der Waals surface area contributed by atoms with Gasteiger partial charge in [-0.2, -0.15) is 0 Å². The van der Waals surface area contributed by atoms with Crippen LogP contribution in [-0.2, 0) is 4.79 Å². The summed E-state index contributed by atoms with van der Waals surface area (Å²) in [4.78, 5) is 12.7. The van der Waals surface area contributed by atoms with Crippen LogP contribution in [0.1, 0.15) is 53.9 Å². The third kappa shape index (κ3) is 2.08. The quantitative estimate of drug-likeness (QED) is 0.543. The van der Waals surface area contributed by atoms with Gasteiger partial charge in [-0.1, -0.05) is 57.2 Å². The average Bonchev–Trinajstić information content (AvgIpc) is 2.91. The van der Waals surface area contributed by atoms with E-state index in [1.54, 1.807) is 0 Å². The van der Waals surface area contributed by atoms with Crippen molar-refractivity contribution in [2.45, 2.75) is 57.3 Å². The third-order valence-electron chi connectivity index (χ3n) is 5.00. The van der Waals surface area contributed by atoms with Crippen LogP contribution in [0.5, 0.6) is 0 Å². The van der Waals surface area contributed by atoms with Gasteiger partial charge in [0.2, 0.25) is 0 Å². The van der Waals surface area contributed by atoms with Crippen molar-refractivity contribution < 1.29 is 4.79 Å². The second-order valence-electron chi connectivity index (χ2n) is 7.27. The maximum Gasteiger partial charge on any atom is 0.149 e. The lowest BCUT2D eigenvalue weighted by molar-refractivity contribution is -0.127. The number of rotatable bonds is 3. The summed E-state index contributed by atoms with van der Waals surface area (Å²) in [5, 5.41) is 0. The standard InChI is InChI=1S/C15H25IO/c1-9(2)6-13(17)15(16)10(3)12-7-11(12)8-14(15,4)5/h9-12H,6-8H2,1-5H3/t10?,11-,12?,15+/m1/s1. The van der Waals surface area contributed by atoms with Crippen LogP contribution in [-0.4, -0.2) is 9.20 Å². The minimum absolute atomic E-state index is 0.132. The fraction of sp³-hybridized carbons (Fsp3) is 0.933. The van der Waals surface area contributed by atoms with Gasteiger partial charge >= 0.3 is 0 Å². The Morgan fingerprint density at radius 3 is 2.53 bits per heavy atom. The Balaban J connectivity index is 2.27. The number of Topliss-reactive ketones (excluding diaryl/α,β-unsaturated/α-hetero) is 1. The molecule has 0 aromatic heterocycles. The molecule has 0 bridgehead atoms. The van der Waals surface area contributed by atoms with E-state index in [2.05, 4.69) is 57.2 Å². The zero-order valence-electron chi connectivity index (χ0n) is 11.7. The minimum atomic E-state index is -0.132. The number of halogens is 1. The number of alkyl halides is 1. The molecule has 0 spiro atoms. The van der Waals surface area contributed by atoms with Gasteiger partial charge < -0.3 is 0 Å². The van der Waals surface area contributed by atoms with Gasteiger partial charge in [-0.05, 0) is 41.9 Å². The topological polar surface area (TPSA) is 17.1 Å². The summed E-state index contributed by atoms with van der Waals surface area (Å²) in [6.45, 7) is 11.2. The highest BCUT2D eigenvalue weighted by Crippen LogP contribution is 2.66. The lowest BCUT2D eigenvalue weighted by Gasteiger charge is -2.49. The molecule has 0 heterocycles. The Morgan fingerprint density at radius 2 is 2.00 bits per heavy atom. The number of carbonyl (C=O) groups excluding carboxylic acids is 1. The molecule has 98 valence electrons. The summed E-state index contributed by atoms with van der Waals surface area (Å²) < 4.78 is -0.132. The van der Waals surface area contributed by atoms with Gasteiger partial charge in [0.15, 0.2) is 0 Å². The van der Waals surface area contributed by atoms with E-state index in [0.717, 1.165) is 18.3 Å². The van der Waals surface area contributed by atoms with Crippen molar-refractivity contribution >= 4 is 28.4 Å². The molecule has 2 saturated carbocycles. The lowest BCUT2D eigenvalue weighted by Crippen LogP contribution is -2.54. The van der Waals surface area contributed by atoms with E-state index in [-0.39, 0.29) is 8.84 Å². The summed E-state index contributed by atoms with van der Waals surface area (Å²) in [6.07, 6.45) is 3.35. The van der Waals surface area contributed by atoms with Crippen LogP contribution in [0.15, 0.2) is 0 Å². The first-order chi connectivity index (χ1) is 7.70. The van der Waals surface area contributed by atoms with Gasteiger partial charge in [0.05, 0.1) is 3.42 Å². The molecule has 2 rings (SSSR count). The molecule has 2 unspecified atom stereocenters. The summed E-state index contributed by atoms with van der Waals surface area (Å²) in [5.74, 6) is 3.28. The third-order valence-corrected chi connectivity index (χ3v) is 8.05. The van der Waals surface area contributed by atoms with Crippen LogP contribution in [0.25, 0.3) is 0 Å². The largest absolute Gasteiger partial charge is 0.298 e. The van der Waals surface area contributed by atoms with E-state index >= 15 is 0 Å². The van der Waals surface area contributed by atoms with E-state index in [0.29, 0.717) is 17.6 Å². The monoisotopic (exact) mass is 348 g/mol. The highest BCUT2D eigenvalue weighted by molar-refractivity contribution is 14.1. The maximum atomic E-state index is 12.7. The predicted molar refractivity (Wildman–Crippen MR) is 80.4 cm³/mol. The molecule has 1 nitrogen and oxygen atoms in total. The first kappa shape index (κ1) is 13.8. The van der Waals surface area contributed by atoms with Crippen molar-refractivity contribution in [3.63, 3.8) is 0 Å². The van der Waals surface area contributed by atoms with E-state index in [9.17, 15) is 4.79 Å². The normalized spacial score (nSPS) is 43.4. The van der Waals surface area contributed by atoms with Gasteiger partial charge in [-0.25, -0.2) is 0 Å². The fourth-order valence-corrected chi connectivity index (χ4v) is 4.89. The van der Waals surface area contributed by atoms with Crippen LogP contribution in [0.4, 0.5) is 0 Å². The summed E-state index contributed by atoms with van der Waals surface area (Å²) in [7, 11) is 0. The van der Waals surface area contributed by atoms with Crippen molar-refractivity contribution in [3.8, 4) is 0 Å². The molecular formula is C15H25IO. The van der Waals surface area contributed by atoms with E-state index < -0.39 is 0 Å². The van der Waals surface area contributed by atoms with Crippen molar-refractivity contribution in [1.29, 1.82) is 0 Å². The van der Waals surface area contributed by atoms with Crippen LogP contribution in [0.3, 0.4) is 0 Å². The second kappa shape index (κ2) is 4.21. The molecule has 0 aliphatic heterocycles. The molecule has 2 aliphatic carbocycles. The molecular weight excluding hydrogens is 323 g/mol. The molecule has 2 fully saturated rings. The van der Waals surface area contributed by atoms with Crippen molar-refractivity contribution in [2.75, 3.05) is 0 Å². The lowest BCUT2D eigenvalue weighted by atomic mass is 9.61. The van der Waals surface area contributed by atoms with Crippen molar-refractivity contribution in [1.82, 2.24) is 0 Å².